The van der Waals surface area contributed by atoms with Crippen LogP contribution in [0.3, 0.4) is 0 Å². The Morgan fingerprint density at radius 2 is 0.952 bits per heavy atom. The molecule has 5 nitrogen and oxygen atoms in total. The van der Waals surface area contributed by atoms with Crippen molar-refractivity contribution in [3.05, 3.63) is 0 Å². The fraction of sp³-hybridized carbons (Fsp3) is 1.00. The van der Waals surface area contributed by atoms with Crippen LogP contribution in [-0.2, 0) is 4.57 Å². The number of hydrogen-bond donors (Lipinski definition) is 1. The van der Waals surface area contributed by atoms with Crippen molar-refractivity contribution >= 4 is 7.82 Å². The minimum atomic E-state index is -5.39. The maximum Gasteiger partial charge on any atom is 1.00 e. The molecule has 0 aliphatic carbocycles. The Balaban J connectivity index is -0.0000000933. The fourth-order valence-electron chi connectivity index (χ4n) is 1.60. The second kappa shape index (κ2) is 27.9. The van der Waals surface area contributed by atoms with Gasteiger partial charge in [0.25, 0.3) is 0 Å². The molecule has 0 saturated carbocycles. The summed E-state index contributed by atoms with van der Waals surface area (Å²) in [5.41, 5.74) is 0. The minimum Gasteiger partial charge on any atom is -0.822 e. The molecule has 0 bridgehead atoms. The molecule has 0 aromatic heterocycles. The van der Waals surface area contributed by atoms with Gasteiger partial charge in [0.15, 0.2) is 0 Å². The van der Waals surface area contributed by atoms with Gasteiger partial charge in [-0.05, 0) is 6.42 Å². The van der Waals surface area contributed by atoms with Crippen LogP contribution in [0.5, 0.6) is 0 Å². The summed E-state index contributed by atoms with van der Waals surface area (Å²) in [5.74, 6) is 0. The predicted octanol–water partition coefficient (Wildman–Crippen LogP) is -7.91. The number of rotatable bonds is 10. The van der Waals surface area contributed by atoms with E-state index in [0.717, 1.165) is 6.42 Å². The standard InChI is InChI=1S/C12H26O.3Na.H3O4P/c1-2-3-4-5-6-7-8-9-10-11-12-13;;;;1-5(2,3)4/h13H,2-12H2,1H3;;;;(H3,1,2,3,4)/q;3*+1;/p-3. The van der Waals surface area contributed by atoms with Gasteiger partial charge in [-0.2, -0.15) is 7.82 Å². The van der Waals surface area contributed by atoms with Crippen LogP contribution in [0.15, 0.2) is 0 Å². The number of phosphoric acid groups is 1. The van der Waals surface area contributed by atoms with E-state index in [2.05, 4.69) is 6.92 Å². The van der Waals surface area contributed by atoms with Gasteiger partial charge in [-0.1, -0.05) is 64.7 Å². The van der Waals surface area contributed by atoms with Gasteiger partial charge < -0.3 is 24.4 Å². The van der Waals surface area contributed by atoms with E-state index in [-0.39, 0.29) is 88.7 Å². The molecule has 21 heavy (non-hydrogen) atoms. The summed E-state index contributed by atoms with van der Waals surface area (Å²) in [5, 5.41) is 8.57. The van der Waals surface area contributed by atoms with Crippen LogP contribution in [0.25, 0.3) is 0 Å². The van der Waals surface area contributed by atoms with Gasteiger partial charge in [0.2, 0.25) is 0 Å². The molecular formula is C12H26Na3O5P. The Hall–Kier alpha value is 3.07. The second-order valence-electron chi connectivity index (χ2n) is 4.35. The third-order valence-corrected chi connectivity index (χ3v) is 2.51. The number of hydrogen-bond acceptors (Lipinski definition) is 5. The first-order valence-corrected chi connectivity index (χ1v) is 8.21. The minimum absolute atomic E-state index is 0. The molecule has 0 aliphatic rings. The Kier molecular flexibility index (Phi) is 46.8. The topological polar surface area (TPSA) is 106 Å². The molecule has 0 fully saturated rings. The summed E-state index contributed by atoms with van der Waals surface area (Å²) in [6.45, 7) is 2.63. The van der Waals surface area contributed by atoms with Crippen LogP contribution in [0.2, 0.25) is 0 Å². The summed E-state index contributed by atoms with van der Waals surface area (Å²) in [4.78, 5) is 25.6. The molecule has 0 rings (SSSR count). The average Bonchev–Trinajstić information content (AvgIpc) is 2.25. The summed E-state index contributed by atoms with van der Waals surface area (Å²) in [6.07, 6.45) is 13.3. The first-order valence-electron chi connectivity index (χ1n) is 6.75. The summed E-state index contributed by atoms with van der Waals surface area (Å²) in [7, 11) is -5.39. The van der Waals surface area contributed by atoms with E-state index in [4.69, 9.17) is 24.4 Å². The number of aliphatic hydroxyl groups excluding tert-OH is 1. The quantitative estimate of drug-likeness (QED) is 0.239. The summed E-state index contributed by atoms with van der Waals surface area (Å²) in [6, 6.07) is 0. The van der Waals surface area contributed by atoms with Crippen LogP contribution in [-0.4, -0.2) is 11.7 Å². The first-order chi connectivity index (χ1) is 8.41. The third kappa shape index (κ3) is 60.0. The molecule has 112 valence electrons. The monoisotopic (exact) mass is 350 g/mol. The molecule has 0 amide bonds. The Bertz CT molecular complexity index is 187. The number of unbranched alkanes of at least 4 members (excludes halogenated alkanes) is 9. The van der Waals surface area contributed by atoms with E-state index >= 15 is 0 Å². The third-order valence-electron chi connectivity index (χ3n) is 2.51. The molecule has 0 aliphatic heterocycles. The van der Waals surface area contributed by atoms with Crippen LogP contribution in [0.1, 0.15) is 71.1 Å². The molecule has 0 unspecified atom stereocenters. The van der Waals surface area contributed by atoms with Gasteiger partial charge in [0.05, 0.1) is 0 Å². The Morgan fingerprint density at radius 1 is 0.714 bits per heavy atom. The molecule has 0 spiro atoms. The summed E-state index contributed by atoms with van der Waals surface area (Å²) < 4.78 is 8.55. The van der Waals surface area contributed by atoms with E-state index in [1.807, 2.05) is 0 Å². The van der Waals surface area contributed by atoms with Crippen LogP contribution < -0.4 is 103 Å². The molecule has 0 atom stereocenters. The largest absolute Gasteiger partial charge is 1.00 e. The van der Waals surface area contributed by atoms with E-state index in [0.29, 0.717) is 6.61 Å². The van der Waals surface area contributed by atoms with Crippen molar-refractivity contribution in [1.29, 1.82) is 0 Å². The normalized spacial score (nSPS) is 9.38. The Labute approximate surface area is 196 Å². The van der Waals surface area contributed by atoms with Crippen LogP contribution in [0, 0.1) is 0 Å². The molecule has 9 heteroatoms. The first kappa shape index (κ1) is 35.2. The van der Waals surface area contributed by atoms with E-state index in [1.165, 1.54) is 57.8 Å². The van der Waals surface area contributed by atoms with Crippen molar-refractivity contribution in [2.24, 2.45) is 0 Å². The van der Waals surface area contributed by atoms with Crippen molar-refractivity contribution < 1.29 is 113 Å². The molecule has 0 aromatic carbocycles. The molecule has 0 saturated heterocycles. The smallest absolute Gasteiger partial charge is 0.822 e. The van der Waals surface area contributed by atoms with E-state index < -0.39 is 7.82 Å². The zero-order valence-electron chi connectivity index (χ0n) is 14.3. The van der Waals surface area contributed by atoms with Crippen molar-refractivity contribution in [1.82, 2.24) is 0 Å². The van der Waals surface area contributed by atoms with Crippen molar-refractivity contribution in [2.45, 2.75) is 71.1 Å². The van der Waals surface area contributed by atoms with Gasteiger partial charge in [-0.15, -0.1) is 0 Å². The molecule has 0 aromatic rings. The molecule has 0 radical (unpaired) electrons. The molecular weight excluding hydrogens is 324 g/mol. The predicted molar refractivity (Wildman–Crippen MR) is 66.5 cm³/mol. The van der Waals surface area contributed by atoms with Crippen molar-refractivity contribution in [2.75, 3.05) is 6.61 Å². The van der Waals surface area contributed by atoms with Crippen molar-refractivity contribution in [3.8, 4) is 0 Å². The van der Waals surface area contributed by atoms with Crippen LogP contribution in [0.4, 0.5) is 0 Å². The van der Waals surface area contributed by atoms with Gasteiger partial charge >= 0.3 is 88.7 Å². The molecule has 1 N–H and O–H groups in total. The van der Waals surface area contributed by atoms with Gasteiger partial charge in [0.1, 0.15) is 0 Å². The summed E-state index contributed by atoms with van der Waals surface area (Å²) >= 11 is 0. The van der Waals surface area contributed by atoms with Crippen LogP contribution >= 0.6 is 7.82 Å². The maximum atomic E-state index is 8.57. The van der Waals surface area contributed by atoms with E-state index in [1.54, 1.807) is 0 Å². The Morgan fingerprint density at radius 3 is 1.19 bits per heavy atom. The molecule has 0 heterocycles. The second-order valence-corrected chi connectivity index (χ2v) is 5.25. The van der Waals surface area contributed by atoms with Crippen molar-refractivity contribution in [3.63, 3.8) is 0 Å². The van der Waals surface area contributed by atoms with Gasteiger partial charge in [-0.3, -0.25) is 0 Å². The maximum absolute atomic E-state index is 8.57. The SMILES string of the molecule is CCCCCCCCCCCCO.O=P([O-])([O-])[O-].[Na+].[Na+].[Na+]. The van der Waals surface area contributed by atoms with Gasteiger partial charge in [0, 0.05) is 6.61 Å². The number of aliphatic hydroxyl groups is 1. The van der Waals surface area contributed by atoms with E-state index in [9.17, 15) is 0 Å². The average molecular weight is 350 g/mol. The zero-order valence-corrected chi connectivity index (χ0v) is 21.2. The van der Waals surface area contributed by atoms with Gasteiger partial charge in [-0.25, -0.2) is 0 Å². The fourth-order valence-corrected chi connectivity index (χ4v) is 1.60. The zero-order chi connectivity index (χ0) is 14.3.